The number of amides is 1. The molecular weight excluding hydrogens is 452 g/mol. The van der Waals surface area contributed by atoms with Crippen LogP contribution in [-0.4, -0.2) is 26.5 Å². The molecule has 1 N–H and O–H groups in total. The average Bonchev–Trinajstić information content (AvgIpc) is 3.17. The Kier molecular flexibility index (Phi) is 5.05. The minimum atomic E-state index is -0.534. The first-order chi connectivity index (χ1) is 16.4. The Labute approximate surface area is 200 Å². The number of hydrogen-bond acceptors (Lipinski definition) is 7. The molecule has 9 heteroatoms. The van der Waals surface area contributed by atoms with Crippen LogP contribution in [0, 0.1) is 30.1 Å². The van der Waals surface area contributed by atoms with Gasteiger partial charge in [-0.05, 0) is 81.4 Å². The van der Waals surface area contributed by atoms with Crippen molar-refractivity contribution in [1.82, 2.24) is 14.6 Å². The van der Waals surface area contributed by atoms with Gasteiger partial charge in [0.1, 0.15) is 11.6 Å². The van der Waals surface area contributed by atoms with E-state index in [0.29, 0.717) is 39.7 Å². The van der Waals surface area contributed by atoms with Gasteiger partial charge in [-0.1, -0.05) is 17.4 Å². The van der Waals surface area contributed by atoms with Gasteiger partial charge in [-0.2, -0.15) is 9.61 Å². The normalized spacial score (nSPS) is 27.1. The highest BCUT2D eigenvalue weighted by atomic mass is 32.1. The molecule has 176 valence electrons. The molecule has 0 radical (unpaired) electrons. The van der Waals surface area contributed by atoms with Crippen molar-refractivity contribution in [3.8, 4) is 0 Å². The smallest absolute Gasteiger partial charge is 0.338 e. The summed E-state index contributed by atoms with van der Waals surface area (Å²) >= 11 is 1.30. The number of anilines is 1. The molecule has 0 saturated heterocycles. The molecule has 4 bridgehead atoms. The first-order valence-electron chi connectivity index (χ1n) is 11.8. The van der Waals surface area contributed by atoms with Crippen LogP contribution in [0.1, 0.15) is 59.6 Å². The third kappa shape index (κ3) is 3.81. The number of aromatic nitrogens is 3. The van der Waals surface area contributed by atoms with Crippen LogP contribution in [0.5, 0.6) is 0 Å². The maximum absolute atomic E-state index is 13.3. The molecule has 1 aromatic carbocycles. The topological polar surface area (TPSA) is 103 Å². The second kappa shape index (κ2) is 8.01. The lowest BCUT2D eigenvalue weighted by Crippen LogP contribution is -2.51. The maximum atomic E-state index is 13.3. The number of carbonyl (C=O) groups excluding carboxylic acids is 2. The van der Waals surface area contributed by atoms with Gasteiger partial charge in [0.15, 0.2) is 0 Å². The Balaban J connectivity index is 1.13. The van der Waals surface area contributed by atoms with Crippen molar-refractivity contribution in [2.75, 3.05) is 5.32 Å². The lowest BCUT2D eigenvalue weighted by molar-refractivity contribution is -0.140. The van der Waals surface area contributed by atoms with E-state index in [-0.39, 0.29) is 23.5 Å². The Morgan fingerprint density at radius 2 is 1.85 bits per heavy atom. The monoisotopic (exact) mass is 478 g/mol. The summed E-state index contributed by atoms with van der Waals surface area (Å²) in [6, 6.07) is 8.17. The average molecular weight is 479 g/mol. The van der Waals surface area contributed by atoms with Crippen molar-refractivity contribution in [2.24, 2.45) is 23.2 Å². The molecule has 4 saturated carbocycles. The van der Waals surface area contributed by atoms with E-state index in [0.717, 1.165) is 24.3 Å². The molecule has 0 unspecified atom stereocenters. The molecule has 34 heavy (non-hydrogen) atoms. The van der Waals surface area contributed by atoms with Crippen LogP contribution >= 0.6 is 11.3 Å². The summed E-state index contributed by atoms with van der Waals surface area (Å²) < 4.78 is 6.64. The van der Waals surface area contributed by atoms with Gasteiger partial charge < -0.3 is 10.1 Å². The first-order valence-corrected chi connectivity index (χ1v) is 12.6. The Bertz CT molecular complexity index is 1330. The molecule has 1 amide bonds. The Morgan fingerprint density at radius 1 is 1.15 bits per heavy atom. The van der Waals surface area contributed by atoms with E-state index in [4.69, 9.17) is 4.74 Å². The summed E-state index contributed by atoms with van der Waals surface area (Å²) in [5.41, 5.74) is 0.754. The summed E-state index contributed by atoms with van der Waals surface area (Å²) in [7, 11) is 0. The minimum Gasteiger partial charge on any atom is -0.456 e. The molecule has 4 aliphatic rings. The van der Waals surface area contributed by atoms with E-state index in [2.05, 4.69) is 15.4 Å². The van der Waals surface area contributed by atoms with Gasteiger partial charge in [0, 0.05) is 11.8 Å². The summed E-state index contributed by atoms with van der Waals surface area (Å²) in [6.07, 6.45) is 6.82. The van der Waals surface area contributed by atoms with Gasteiger partial charge in [0.05, 0.1) is 16.7 Å². The lowest BCUT2D eigenvalue weighted by Gasteiger charge is -2.55. The van der Waals surface area contributed by atoms with Crippen LogP contribution in [0.3, 0.4) is 0 Å². The van der Waals surface area contributed by atoms with Crippen LogP contribution in [-0.2, 0) is 16.1 Å². The summed E-state index contributed by atoms with van der Waals surface area (Å²) in [5, 5.41) is 7.92. The number of esters is 1. The zero-order chi connectivity index (χ0) is 23.4. The highest BCUT2D eigenvalue weighted by molar-refractivity contribution is 7.16. The largest absolute Gasteiger partial charge is 0.456 e. The standard InChI is InChI=1S/C25H26N4O4S/c1-14-28-29-21(30)9-20(27-24(29)34-14)13-33-22(31)18-3-2-4-19(8-18)26-23(32)25-10-15-5-16(11-25)7-17(6-15)12-25/h2-4,8-9,15-17H,5-7,10-13H2,1H3,(H,26,32). The fourth-order valence-corrected chi connectivity index (χ4v) is 7.39. The fourth-order valence-electron chi connectivity index (χ4n) is 6.62. The number of carbonyl (C=O) groups is 2. The van der Waals surface area contributed by atoms with Crippen molar-refractivity contribution in [1.29, 1.82) is 0 Å². The van der Waals surface area contributed by atoms with Gasteiger partial charge in [-0.15, -0.1) is 0 Å². The van der Waals surface area contributed by atoms with E-state index in [9.17, 15) is 14.4 Å². The number of aryl methyl sites for hydroxylation is 1. The third-order valence-electron chi connectivity index (χ3n) is 7.63. The van der Waals surface area contributed by atoms with Gasteiger partial charge >= 0.3 is 5.97 Å². The molecule has 8 nitrogen and oxygen atoms in total. The molecule has 4 aliphatic carbocycles. The van der Waals surface area contributed by atoms with Crippen LogP contribution < -0.4 is 10.9 Å². The molecule has 0 aliphatic heterocycles. The Morgan fingerprint density at radius 3 is 2.56 bits per heavy atom. The van der Waals surface area contributed by atoms with Gasteiger partial charge in [0.2, 0.25) is 10.9 Å². The third-order valence-corrected chi connectivity index (χ3v) is 8.45. The Hall–Kier alpha value is -3.07. The molecule has 0 spiro atoms. The van der Waals surface area contributed by atoms with Crippen molar-refractivity contribution < 1.29 is 14.3 Å². The van der Waals surface area contributed by atoms with E-state index in [1.54, 1.807) is 31.2 Å². The summed E-state index contributed by atoms with van der Waals surface area (Å²) in [5.74, 6) is 1.62. The SMILES string of the molecule is Cc1nn2c(=O)cc(COC(=O)c3cccc(NC(=O)C45CC6CC(CC(C6)C4)C5)c3)nc2s1. The fraction of sp³-hybridized carbons (Fsp3) is 0.480. The maximum Gasteiger partial charge on any atom is 0.338 e. The van der Waals surface area contributed by atoms with E-state index in [1.807, 2.05) is 0 Å². The summed E-state index contributed by atoms with van der Waals surface area (Å²) in [4.78, 5) is 43.0. The molecule has 0 atom stereocenters. The van der Waals surface area contributed by atoms with Crippen molar-refractivity contribution in [3.63, 3.8) is 0 Å². The van der Waals surface area contributed by atoms with Crippen molar-refractivity contribution in [3.05, 3.63) is 57.0 Å². The van der Waals surface area contributed by atoms with Gasteiger partial charge in [-0.25, -0.2) is 9.78 Å². The lowest BCUT2D eigenvalue weighted by atomic mass is 9.49. The number of fused-ring (bicyclic) bond motifs is 1. The number of hydrogen-bond donors (Lipinski definition) is 1. The second-order valence-corrected chi connectivity index (χ2v) is 11.4. The highest BCUT2D eigenvalue weighted by Crippen LogP contribution is 2.60. The number of rotatable bonds is 5. The molecule has 7 rings (SSSR count). The number of nitrogens with one attached hydrogen (secondary N) is 1. The molecule has 4 fully saturated rings. The number of ether oxygens (including phenoxy) is 1. The molecule has 2 heterocycles. The zero-order valence-electron chi connectivity index (χ0n) is 19.0. The number of nitrogens with zero attached hydrogens (tertiary/aromatic N) is 3. The minimum absolute atomic E-state index is 0.0925. The van der Waals surface area contributed by atoms with Crippen LogP contribution in [0.2, 0.25) is 0 Å². The zero-order valence-corrected chi connectivity index (χ0v) is 19.8. The quantitative estimate of drug-likeness (QED) is 0.557. The molecule has 2 aromatic heterocycles. The molecular formula is C25H26N4O4S. The van der Waals surface area contributed by atoms with E-state index < -0.39 is 5.97 Å². The van der Waals surface area contributed by atoms with Gasteiger partial charge in [-0.3, -0.25) is 9.59 Å². The van der Waals surface area contributed by atoms with E-state index >= 15 is 0 Å². The van der Waals surface area contributed by atoms with Crippen LogP contribution in [0.4, 0.5) is 5.69 Å². The van der Waals surface area contributed by atoms with Crippen LogP contribution in [0.15, 0.2) is 35.1 Å². The predicted molar refractivity (Wildman–Crippen MR) is 127 cm³/mol. The summed E-state index contributed by atoms with van der Waals surface area (Å²) in [6.45, 7) is 1.68. The van der Waals surface area contributed by atoms with Gasteiger partial charge in [0.25, 0.3) is 5.56 Å². The van der Waals surface area contributed by atoms with Crippen molar-refractivity contribution >= 4 is 33.9 Å². The number of benzene rings is 1. The first kappa shape index (κ1) is 21.5. The predicted octanol–water partition coefficient (Wildman–Crippen LogP) is 3.97. The molecule has 3 aromatic rings. The highest BCUT2D eigenvalue weighted by Gasteiger charge is 2.54. The van der Waals surface area contributed by atoms with E-state index in [1.165, 1.54) is 41.2 Å². The van der Waals surface area contributed by atoms with Crippen molar-refractivity contribution in [2.45, 2.75) is 52.1 Å². The second-order valence-electron chi connectivity index (χ2n) is 10.2. The van der Waals surface area contributed by atoms with Crippen LogP contribution in [0.25, 0.3) is 4.96 Å².